The number of carbonyl (C=O) groups excluding carboxylic acids is 1. The molecular formula is C9H10ClNO. The van der Waals surface area contributed by atoms with Gasteiger partial charge in [-0.25, -0.2) is 0 Å². The van der Waals surface area contributed by atoms with Crippen LogP contribution in [0.4, 0.5) is 0 Å². The second kappa shape index (κ2) is 2.47. The predicted octanol–water partition coefficient (Wildman–Crippen LogP) is 1.88. The second-order valence-corrected chi connectivity index (χ2v) is 4.49. The number of carbonyl (C=O) groups is 1. The molecule has 2 nitrogen and oxygen atoms in total. The maximum atomic E-state index is 11.3. The molecule has 3 rings (SSSR count). The summed E-state index contributed by atoms with van der Waals surface area (Å²) in [6.07, 6.45) is 3.00. The Balaban J connectivity index is 2.28. The number of nitriles is 1. The van der Waals surface area contributed by atoms with Crippen LogP contribution >= 0.6 is 11.6 Å². The number of hydrogen-bond donors (Lipinski definition) is 0. The van der Waals surface area contributed by atoms with Gasteiger partial charge in [-0.3, -0.25) is 4.79 Å². The lowest BCUT2D eigenvalue weighted by Gasteiger charge is -2.42. The van der Waals surface area contributed by atoms with Crippen molar-refractivity contribution in [2.45, 2.75) is 30.6 Å². The Morgan fingerprint density at radius 1 is 1.58 bits per heavy atom. The van der Waals surface area contributed by atoms with E-state index in [0.29, 0.717) is 18.6 Å². The molecule has 0 spiro atoms. The van der Waals surface area contributed by atoms with Crippen LogP contribution in [0.2, 0.25) is 0 Å². The van der Waals surface area contributed by atoms with E-state index in [4.69, 9.17) is 16.9 Å². The Labute approximate surface area is 76.5 Å². The van der Waals surface area contributed by atoms with E-state index >= 15 is 0 Å². The third-order valence-electron chi connectivity index (χ3n) is 3.14. The molecule has 3 saturated carbocycles. The van der Waals surface area contributed by atoms with Crippen molar-refractivity contribution < 1.29 is 4.79 Å². The van der Waals surface area contributed by atoms with Crippen molar-refractivity contribution in [1.29, 1.82) is 5.26 Å². The zero-order valence-corrected chi connectivity index (χ0v) is 7.47. The summed E-state index contributed by atoms with van der Waals surface area (Å²) in [5.41, 5.74) is 0. The van der Waals surface area contributed by atoms with E-state index in [0.717, 1.165) is 12.8 Å². The van der Waals surface area contributed by atoms with E-state index < -0.39 is 4.87 Å². The fourth-order valence-corrected chi connectivity index (χ4v) is 2.72. The number of hydrogen-bond acceptors (Lipinski definition) is 2. The highest BCUT2D eigenvalue weighted by molar-refractivity contribution is 6.26. The lowest BCUT2D eigenvalue weighted by Crippen LogP contribution is -2.46. The van der Waals surface area contributed by atoms with Crippen LogP contribution in [0.25, 0.3) is 0 Å². The standard InChI is InChI=1S/C9H10ClNO/c10-9(5-11)4-6-1-2-7(9)3-8(6)12/h6-7H,1-4H2. The lowest BCUT2D eigenvalue weighted by molar-refractivity contribution is -0.129. The van der Waals surface area contributed by atoms with Crippen LogP contribution in [0.1, 0.15) is 25.7 Å². The predicted molar refractivity (Wildman–Crippen MR) is 44.7 cm³/mol. The zero-order valence-electron chi connectivity index (χ0n) is 6.72. The van der Waals surface area contributed by atoms with Crippen LogP contribution < -0.4 is 0 Å². The number of nitrogens with zero attached hydrogens (tertiary/aromatic N) is 1. The van der Waals surface area contributed by atoms with Gasteiger partial charge in [0.25, 0.3) is 0 Å². The van der Waals surface area contributed by atoms with Crippen LogP contribution in [0, 0.1) is 23.2 Å². The Hall–Kier alpha value is -0.550. The van der Waals surface area contributed by atoms with Gasteiger partial charge in [-0.05, 0) is 25.2 Å². The van der Waals surface area contributed by atoms with E-state index in [9.17, 15) is 4.79 Å². The fraction of sp³-hybridized carbons (Fsp3) is 0.778. The summed E-state index contributed by atoms with van der Waals surface area (Å²) in [4.78, 5) is 10.6. The molecule has 0 saturated heterocycles. The number of fused-ring (bicyclic) bond motifs is 3. The molecule has 0 aromatic heterocycles. The van der Waals surface area contributed by atoms with E-state index in [2.05, 4.69) is 6.07 Å². The summed E-state index contributed by atoms with van der Waals surface area (Å²) in [5.74, 6) is 0.506. The molecule has 3 fully saturated rings. The molecule has 0 N–H and O–H groups in total. The summed E-state index contributed by atoms with van der Waals surface area (Å²) < 4.78 is 0. The molecule has 3 aliphatic carbocycles. The quantitative estimate of drug-likeness (QED) is 0.538. The minimum Gasteiger partial charge on any atom is -0.299 e. The van der Waals surface area contributed by atoms with Crippen molar-refractivity contribution in [3.8, 4) is 6.07 Å². The number of alkyl halides is 1. The minimum absolute atomic E-state index is 0.0761. The first-order chi connectivity index (χ1) is 5.65. The second-order valence-electron chi connectivity index (χ2n) is 3.82. The van der Waals surface area contributed by atoms with Crippen LogP contribution in [-0.4, -0.2) is 10.7 Å². The molecule has 0 aromatic rings. The van der Waals surface area contributed by atoms with Gasteiger partial charge in [0.15, 0.2) is 0 Å². The molecule has 0 radical (unpaired) electrons. The van der Waals surface area contributed by atoms with Crippen molar-refractivity contribution in [2.24, 2.45) is 11.8 Å². The molecule has 64 valence electrons. The van der Waals surface area contributed by atoms with Crippen molar-refractivity contribution in [2.75, 3.05) is 0 Å². The minimum atomic E-state index is -0.725. The number of halogens is 1. The highest BCUT2D eigenvalue weighted by Gasteiger charge is 2.50. The normalized spacial score (nSPS) is 45.8. The van der Waals surface area contributed by atoms with Crippen LogP contribution in [-0.2, 0) is 4.79 Å². The Morgan fingerprint density at radius 2 is 2.33 bits per heavy atom. The highest BCUT2D eigenvalue weighted by atomic mass is 35.5. The summed E-state index contributed by atoms with van der Waals surface area (Å²) in [6.45, 7) is 0. The number of Topliss-reactive ketones (excluding diaryl/α,β-unsaturated/α-hetero) is 1. The van der Waals surface area contributed by atoms with Gasteiger partial charge in [0.2, 0.25) is 0 Å². The van der Waals surface area contributed by atoms with E-state index in [1.165, 1.54) is 0 Å². The molecule has 0 aliphatic heterocycles. The maximum Gasteiger partial charge on any atom is 0.136 e. The highest BCUT2D eigenvalue weighted by Crippen LogP contribution is 2.48. The summed E-state index contributed by atoms with van der Waals surface area (Å²) >= 11 is 6.11. The average molecular weight is 184 g/mol. The third kappa shape index (κ3) is 0.964. The van der Waals surface area contributed by atoms with Crippen LogP contribution in [0.5, 0.6) is 0 Å². The first-order valence-corrected chi connectivity index (χ1v) is 4.66. The molecule has 0 amide bonds. The van der Waals surface area contributed by atoms with Gasteiger partial charge in [-0.2, -0.15) is 5.26 Å². The fourth-order valence-electron chi connectivity index (χ4n) is 2.34. The van der Waals surface area contributed by atoms with Gasteiger partial charge < -0.3 is 0 Å². The SMILES string of the molecule is N#CC1(Cl)CC2CCC1CC2=O. The van der Waals surface area contributed by atoms with Gasteiger partial charge in [-0.15, -0.1) is 11.6 Å². The van der Waals surface area contributed by atoms with Gasteiger partial charge in [0, 0.05) is 12.3 Å². The molecule has 0 heterocycles. The van der Waals surface area contributed by atoms with Crippen molar-refractivity contribution in [1.82, 2.24) is 0 Å². The molecule has 3 unspecified atom stereocenters. The molecule has 0 aromatic carbocycles. The van der Waals surface area contributed by atoms with Crippen molar-refractivity contribution >= 4 is 17.4 Å². The summed E-state index contributed by atoms with van der Waals surface area (Å²) in [6, 6.07) is 2.15. The first-order valence-electron chi connectivity index (χ1n) is 4.28. The third-order valence-corrected chi connectivity index (χ3v) is 3.69. The van der Waals surface area contributed by atoms with Gasteiger partial charge in [0.05, 0.1) is 6.07 Å². The first kappa shape index (κ1) is 8.07. The molecular weight excluding hydrogens is 174 g/mol. The molecule has 2 bridgehead atoms. The topological polar surface area (TPSA) is 40.9 Å². The van der Waals surface area contributed by atoms with Gasteiger partial charge >= 0.3 is 0 Å². The van der Waals surface area contributed by atoms with Crippen LogP contribution in [0.3, 0.4) is 0 Å². The number of ketones is 1. The zero-order chi connectivity index (χ0) is 8.77. The molecule has 3 atom stereocenters. The number of rotatable bonds is 0. The monoisotopic (exact) mass is 183 g/mol. The lowest BCUT2D eigenvalue weighted by atomic mass is 9.64. The molecule has 3 aliphatic rings. The summed E-state index contributed by atoms with van der Waals surface area (Å²) in [7, 11) is 0. The Bertz CT molecular complexity index is 270. The smallest absolute Gasteiger partial charge is 0.136 e. The van der Waals surface area contributed by atoms with Crippen LogP contribution in [0.15, 0.2) is 0 Å². The molecule has 3 heteroatoms. The largest absolute Gasteiger partial charge is 0.299 e. The van der Waals surface area contributed by atoms with E-state index in [1.807, 2.05) is 0 Å². The van der Waals surface area contributed by atoms with E-state index in [-0.39, 0.29) is 11.8 Å². The van der Waals surface area contributed by atoms with E-state index in [1.54, 1.807) is 0 Å². The average Bonchev–Trinajstić information content (AvgIpc) is 2.08. The Kier molecular flexibility index (Phi) is 1.66. The van der Waals surface area contributed by atoms with Gasteiger partial charge in [0.1, 0.15) is 10.7 Å². The maximum absolute atomic E-state index is 11.3. The Morgan fingerprint density at radius 3 is 2.75 bits per heavy atom. The van der Waals surface area contributed by atoms with Crippen molar-refractivity contribution in [3.63, 3.8) is 0 Å². The summed E-state index contributed by atoms with van der Waals surface area (Å²) in [5, 5.41) is 8.87. The van der Waals surface area contributed by atoms with Crippen molar-refractivity contribution in [3.05, 3.63) is 0 Å². The molecule has 12 heavy (non-hydrogen) atoms. The van der Waals surface area contributed by atoms with Gasteiger partial charge in [-0.1, -0.05) is 0 Å².